The number of rotatable bonds is 5. The highest BCUT2D eigenvalue weighted by molar-refractivity contribution is 6.61. The van der Waals surface area contributed by atoms with Crippen LogP contribution >= 0.6 is 0 Å². The summed E-state index contributed by atoms with van der Waals surface area (Å²) in [6, 6.07) is 0. The van der Waals surface area contributed by atoms with E-state index in [-0.39, 0.29) is 28.6 Å². The van der Waals surface area contributed by atoms with Crippen LogP contribution in [-0.4, -0.2) is 57.9 Å². The van der Waals surface area contributed by atoms with Gasteiger partial charge in [0.05, 0.1) is 0 Å². The van der Waals surface area contributed by atoms with Gasteiger partial charge in [-0.05, 0) is 23.3 Å². The maximum atomic E-state index is 5.73. The fourth-order valence-corrected chi connectivity index (χ4v) is 10.1. The molecule has 1 saturated heterocycles. The number of nitrogens with two attached hydrogens (primary N) is 1. The van der Waals surface area contributed by atoms with Crippen molar-refractivity contribution in [3.8, 4) is 0 Å². The van der Waals surface area contributed by atoms with Crippen molar-refractivity contribution in [1.82, 2.24) is 4.90 Å². The Balaban J connectivity index is 2.69. The predicted molar refractivity (Wildman–Crippen MR) is 74.9 cm³/mol. The van der Waals surface area contributed by atoms with E-state index < -0.39 is 0 Å². The first-order chi connectivity index (χ1) is 6.72. The monoisotopic (exact) mass is 246 g/mol. The number of likely N-dealkylation sites (tertiary alicyclic amines) is 1. The van der Waals surface area contributed by atoms with Crippen molar-refractivity contribution in [2.24, 2.45) is 5.73 Å². The van der Waals surface area contributed by atoms with E-state index in [1.54, 1.807) is 6.42 Å². The molecule has 0 aromatic heterocycles. The molecule has 2 nitrogen and oxygen atoms in total. The van der Waals surface area contributed by atoms with Gasteiger partial charge < -0.3 is 10.6 Å². The Bertz CT molecular complexity index is 173. The van der Waals surface area contributed by atoms with Crippen LogP contribution in [0.25, 0.3) is 0 Å². The molecule has 1 aliphatic rings. The molecule has 1 aliphatic heterocycles. The first kappa shape index (κ1) is 12.6. The van der Waals surface area contributed by atoms with Gasteiger partial charge in [0.15, 0.2) is 0 Å². The summed E-state index contributed by atoms with van der Waals surface area (Å²) in [5.41, 5.74) is 6.84. The normalized spacial score (nSPS) is 36.4. The van der Waals surface area contributed by atoms with E-state index >= 15 is 0 Å². The van der Waals surface area contributed by atoms with E-state index in [1.807, 2.05) is 0 Å². The van der Waals surface area contributed by atoms with Crippen molar-refractivity contribution in [2.75, 3.05) is 19.6 Å². The number of hydrogen-bond acceptors (Lipinski definition) is 2. The van der Waals surface area contributed by atoms with Gasteiger partial charge in [-0.3, -0.25) is 0 Å². The minimum atomic E-state index is 0.129. The van der Waals surface area contributed by atoms with Gasteiger partial charge in [-0.2, -0.15) is 0 Å². The molecule has 84 valence electrons. The minimum absolute atomic E-state index is 0.129. The molecule has 1 fully saturated rings. The van der Waals surface area contributed by atoms with Gasteiger partial charge in [0.1, 0.15) is 0 Å². The maximum absolute atomic E-state index is 5.73. The van der Waals surface area contributed by atoms with Gasteiger partial charge in [0.25, 0.3) is 0 Å². The van der Waals surface area contributed by atoms with E-state index in [2.05, 4.69) is 24.5 Å². The second kappa shape index (κ2) is 5.60. The standard InChI is InChI=1S/C9H26N2Si3/c1-12-8-6-9(13-2,14-3)11(7-8)5-4-10/h8H,4-7,10,12-14H2,1-3H3. The Morgan fingerprint density at radius 1 is 1.36 bits per heavy atom. The van der Waals surface area contributed by atoms with Gasteiger partial charge in [-0.1, -0.05) is 19.6 Å². The predicted octanol–water partition coefficient (Wildman–Crippen LogP) is -1.26. The fourth-order valence-electron chi connectivity index (χ4n) is 2.98. The van der Waals surface area contributed by atoms with Crippen LogP contribution < -0.4 is 5.73 Å². The lowest BCUT2D eigenvalue weighted by Crippen LogP contribution is -2.53. The average Bonchev–Trinajstić information content (AvgIpc) is 2.58. The summed E-state index contributed by atoms with van der Waals surface area (Å²) in [7, 11) is 0.474. The lowest BCUT2D eigenvalue weighted by Gasteiger charge is -2.36. The molecule has 5 heteroatoms. The van der Waals surface area contributed by atoms with E-state index in [0.717, 1.165) is 16.9 Å². The van der Waals surface area contributed by atoms with Crippen LogP contribution in [-0.2, 0) is 0 Å². The molecule has 2 N–H and O–H groups in total. The second-order valence-electron chi connectivity index (χ2n) is 4.64. The summed E-state index contributed by atoms with van der Waals surface area (Å²) in [6.07, 6.45) is 1.57. The number of hydrogen-bond donors (Lipinski definition) is 1. The largest absolute Gasteiger partial charge is 0.329 e. The molecular formula is C9H26N2Si3. The second-order valence-corrected chi connectivity index (χ2v) is 11.7. The summed E-state index contributed by atoms with van der Waals surface area (Å²) < 4.78 is 0. The van der Waals surface area contributed by atoms with Gasteiger partial charge in [-0.15, -0.1) is 0 Å². The zero-order valence-electron chi connectivity index (χ0n) is 10.1. The van der Waals surface area contributed by atoms with E-state index in [1.165, 1.54) is 13.1 Å². The quantitative estimate of drug-likeness (QED) is 0.614. The smallest absolute Gasteiger partial charge is 0.0371 e. The minimum Gasteiger partial charge on any atom is -0.329 e. The molecule has 0 amide bonds. The zero-order chi connectivity index (χ0) is 10.6. The van der Waals surface area contributed by atoms with Crippen LogP contribution in [0.1, 0.15) is 6.42 Å². The molecule has 0 saturated carbocycles. The van der Waals surface area contributed by atoms with Gasteiger partial charge in [-0.25, -0.2) is 0 Å². The summed E-state index contributed by atoms with van der Waals surface area (Å²) in [4.78, 5) is 3.58. The molecule has 0 radical (unpaired) electrons. The Labute approximate surface area is 95.5 Å². The summed E-state index contributed by atoms with van der Waals surface area (Å²) in [5, 5.41) is 0. The molecule has 0 aromatic carbocycles. The maximum Gasteiger partial charge on any atom is 0.0371 e. The molecule has 0 bridgehead atoms. The van der Waals surface area contributed by atoms with E-state index in [9.17, 15) is 0 Å². The molecule has 1 heterocycles. The molecule has 1 atom stereocenters. The van der Waals surface area contributed by atoms with Crippen molar-refractivity contribution in [3.63, 3.8) is 0 Å². The Morgan fingerprint density at radius 2 is 2.00 bits per heavy atom. The van der Waals surface area contributed by atoms with Crippen molar-refractivity contribution < 1.29 is 0 Å². The fraction of sp³-hybridized carbons (Fsp3) is 1.00. The van der Waals surface area contributed by atoms with Crippen LogP contribution in [0, 0.1) is 0 Å². The first-order valence-electron chi connectivity index (χ1n) is 6.17. The lowest BCUT2D eigenvalue weighted by molar-refractivity contribution is 0.286. The molecule has 1 unspecified atom stereocenters. The highest BCUT2D eigenvalue weighted by Crippen LogP contribution is 2.34. The van der Waals surface area contributed by atoms with E-state index in [0.29, 0.717) is 0 Å². The van der Waals surface area contributed by atoms with Crippen molar-refractivity contribution in [2.45, 2.75) is 36.4 Å². The van der Waals surface area contributed by atoms with Gasteiger partial charge in [0.2, 0.25) is 0 Å². The van der Waals surface area contributed by atoms with Crippen molar-refractivity contribution in [1.29, 1.82) is 0 Å². The first-order valence-corrected chi connectivity index (χ1v) is 12.6. The Kier molecular flexibility index (Phi) is 5.05. The van der Waals surface area contributed by atoms with E-state index in [4.69, 9.17) is 5.73 Å². The van der Waals surface area contributed by atoms with Crippen LogP contribution in [0.4, 0.5) is 0 Å². The molecule has 0 spiro atoms. The van der Waals surface area contributed by atoms with Crippen LogP contribution in [0.5, 0.6) is 0 Å². The molecule has 14 heavy (non-hydrogen) atoms. The topological polar surface area (TPSA) is 29.3 Å². The average molecular weight is 247 g/mol. The van der Waals surface area contributed by atoms with Crippen molar-refractivity contribution >= 4 is 28.6 Å². The lowest BCUT2D eigenvalue weighted by atomic mass is 10.4. The summed E-state index contributed by atoms with van der Waals surface area (Å²) in [5.74, 6) is 0. The highest BCUT2D eigenvalue weighted by Gasteiger charge is 2.41. The van der Waals surface area contributed by atoms with Crippen LogP contribution in [0.3, 0.4) is 0 Å². The van der Waals surface area contributed by atoms with Gasteiger partial charge >= 0.3 is 0 Å². The molecule has 0 aromatic rings. The third kappa shape index (κ3) is 2.38. The number of nitrogens with zero attached hydrogens (tertiary/aromatic N) is 1. The van der Waals surface area contributed by atoms with Gasteiger partial charge in [0, 0.05) is 41.6 Å². The highest BCUT2D eigenvalue weighted by atomic mass is 28.3. The molecular weight excluding hydrogens is 220 g/mol. The molecule has 0 aliphatic carbocycles. The Morgan fingerprint density at radius 3 is 2.43 bits per heavy atom. The van der Waals surface area contributed by atoms with Crippen LogP contribution in [0.2, 0.25) is 25.2 Å². The molecule has 1 rings (SSSR count). The zero-order valence-corrected chi connectivity index (χ0v) is 14.3. The Hall–Kier alpha value is 0.571. The summed E-state index contributed by atoms with van der Waals surface area (Å²) in [6.45, 7) is 11.0. The van der Waals surface area contributed by atoms with Crippen LogP contribution in [0.15, 0.2) is 0 Å². The third-order valence-corrected chi connectivity index (χ3v) is 12.9. The van der Waals surface area contributed by atoms with Crippen molar-refractivity contribution in [3.05, 3.63) is 0 Å². The summed E-state index contributed by atoms with van der Waals surface area (Å²) >= 11 is 0. The SMILES string of the molecule is C[SiH2]C1CN(CCN)C([SiH2]C)([SiH2]C)C1. The third-order valence-electron chi connectivity index (χ3n) is 4.11.